The van der Waals surface area contributed by atoms with Gasteiger partial charge in [0.05, 0.1) is 5.54 Å². The van der Waals surface area contributed by atoms with Crippen LogP contribution in [0.3, 0.4) is 0 Å². The molecule has 0 unspecified atom stereocenters. The van der Waals surface area contributed by atoms with Gasteiger partial charge < -0.3 is 10.1 Å². The molecule has 2 aromatic rings. The molecule has 2 aliphatic heterocycles. The Morgan fingerprint density at radius 1 is 1.07 bits per heavy atom. The average molecular weight is 391 g/mol. The molecule has 2 heterocycles. The Balaban J connectivity index is 1.87. The molecule has 4 heteroatoms. The number of hydrogen-bond acceptors (Lipinski definition) is 2. The van der Waals surface area contributed by atoms with Crippen LogP contribution in [0.1, 0.15) is 51.2 Å². The third-order valence-electron chi connectivity index (χ3n) is 5.79. The number of rotatable bonds is 0. The van der Waals surface area contributed by atoms with Gasteiger partial charge in [-0.2, -0.15) is 0 Å². The molecule has 2 aromatic carbocycles. The lowest BCUT2D eigenvalue weighted by atomic mass is 9.82. The summed E-state index contributed by atoms with van der Waals surface area (Å²) in [5, 5.41) is 3.57. The molecular formula is C25H23F2NO. The second-order valence-electron chi connectivity index (χ2n) is 8.60. The van der Waals surface area contributed by atoms with Crippen molar-refractivity contribution in [2.45, 2.75) is 45.6 Å². The zero-order valence-corrected chi connectivity index (χ0v) is 16.8. The Labute approximate surface area is 169 Å². The van der Waals surface area contributed by atoms with E-state index >= 15 is 0 Å². The van der Waals surface area contributed by atoms with Gasteiger partial charge in [-0.25, -0.2) is 8.78 Å². The van der Waals surface area contributed by atoms with Gasteiger partial charge in [0, 0.05) is 28.4 Å². The molecule has 0 radical (unpaired) electrons. The molecule has 148 valence electrons. The normalized spacial score (nSPS) is 21.3. The summed E-state index contributed by atoms with van der Waals surface area (Å²) in [5.41, 5.74) is 6.24. The molecule has 0 amide bonds. The number of fused-ring (bicyclic) bond motifs is 5. The van der Waals surface area contributed by atoms with Crippen molar-refractivity contribution in [3.05, 3.63) is 70.8 Å². The number of anilines is 1. The summed E-state index contributed by atoms with van der Waals surface area (Å²) in [4.78, 5) is 0. The number of allylic oxidation sites excluding steroid dienone is 4. The highest BCUT2D eigenvalue weighted by Gasteiger charge is 2.33. The summed E-state index contributed by atoms with van der Waals surface area (Å²) >= 11 is 0. The van der Waals surface area contributed by atoms with Crippen LogP contribution in [-0.2, 0) is 0 Å². The molecule has 0 bridgehead atoms. The van der Waals surface area contributed by atoms with Crippen LogP contribution in [0, 0.1) is 11.6 Å². The van der Waals surface area contributed by atoms with Crippen molar-refractivity contribution in [3.8, 4) is 16.9 Å². The third kappa shape index (κ3) is 2.89. The highest BCUT2D eigenvalue weighted by Crippen LogP contribution is 2.51. The van der Waals surface area contributed by atoms with Crippen LogP contribution in [0.25, 0.3) is 22.5 Å². The lowest BCUT2D eigenvalue weighted by molar-refractivity contribution is 0.454. The lowest BCUT2D eigenvalue weighted by Crippen LogP contribution is -2.32. The average Bonchev–Trinajstić information content (AvgIpc) is 2.66. The number of nitrogens with one attached hydrogen (secondary N) is 1. The zero-order valence-electron chi connectivity index (χ0n) is 16.8. The van der Waals surface area contributed by atoms with E-state index < -0.39 is 11.6 Å². The van der Waals surface area contributed by atoms with Crippen LogP contribution < -0.4 is 10.1 Å². The summed E-state index contributed by atoms with van der Waals surface area (Å²) in [6.45, 7) is 6.33. The fourth-order valence-electron chi connectivity index (χ4n) is 4.73. The van der Waals surface area contributed by atoms with Crippen molar-refractivity contribution in [3.63, 3.8) is 0 Å². The van der Waals surface area contributed by atoms with E-state index in [2.05, 4.69) is 44.3 Å². The first-order chi connectivity index (χ1) is 13.8. The summed E-state index contributed by atoms with van der Waals surface area (Å²) in [6.07, 6.45) is 9.33. The van der Waals surface area contributed by atoms with Crippen LogP contribution in [-0.4, -0.2) is 5.54 Å². The van der Waals surface area contributed by atoms with Gasteiger partial charge in [-0.3, -0.25) is 0 Å². The molecule has 0 atom stereocenters. The molecule has 0 saturated carbocycles. The lowest BCUT2D eigenvalue weighted by Gasteiger charge is -2.35. The predicted molar refractivity (Wildman–Crippen MR) is 114 cm³/mol. The fourth-order valence-corrected chi connectivity index (χ4v) is 4.73. The molecular weight excluding hydrogens is 368 g/mol. The van der Waals surface area contributed by atoms with Gasteiger partial charge in [0.1, 0.15) is 11.6 Å². The van der Waals surface area contributed by atoms with E-state index in [1.54, 1.807) is 0 Å². The summed E-state index contributed by atoms with van der Waals surface area (Å²) in [7, 11) is 0. The second kappa shape index (κ2) is 6.31. The maximum atomic E-state index is 14.7. The van der Waals surface area contributed by atoms with Crippen LogP contribution in [0.15, 0.2) is 48.1 Å². The van der Waals surface area contributed by atoms with E-state index in [1.807, 2.05) is 12.1 Å². The van der Waals surface area contributed by atoms with Gasteiger partial charge in [-0.1, -0.05) is 24.3 Å². The number of halogens is 2. The van der Waals surface area contributed by atoms with Crippen LogP contribution in [0.5, 0.6) is 5.75 Å². The Kier molecular flexibility index (Phi) is 3.95. The number of benzene rings is 2. The zero-order chi connectivity index (χ0) is 20.3. The van der Waals surface area contributed by atoms with Crippen LogP contribution in [0.4, 0.5) is 14.5 Å². The molecule has 2 nitrogen and oxygen atoms in total. The van der Waals surface area contributed by atoms with E-state index in [0.29, 0.717) is 11.3 Å². The Hall–Kier alpha value is -2.88. The molecule has 0 fully saturated rings. The monoisotopic (exact) mass is 391 g/mol. The predicted octanol–water partition coefficient (Wildman–Crippen LogP) is 7.08. The van der Waals surface area contributed by atoms with E-state index in [9.17, 15) is 8.78 Å². The molecule has 29 heavy (non-hydrogen) atoms. The first kappa shape index (κ1) is 18.2. The van der Waals surface area contributed by atoms with Crippen molar-refractivity contribution >= 4 is 17.0 Å². The Morgan fingerprint density at radius 2 is 1.90 bits per heavy atom. The largest absolute Gasteiger partial charge is 0.453 e. The van der Waals surface area contributed by atoms with Crippen LogP contribution in [0.2, 0.25) is 0 Å². The molecule has 0 aromatic heterocycles. The van der Waals surface area contributed by atoms with E-state index in [1.165, 1.54) is 6.07 Å². The standard InChI is InChI=1S/C25H23F2NO/c1-14-13-25(2,3)28-20-10-9-17-18-11-16(26)12-19(27)24(18)29-23(22(17)21(14)20)15-7-5-4-6-8-15/h5,7,9-13,28H,4,6,8H2,1-3H3/b23-15+. The number of ether oxygens (including phenoxy) is 1. The third-order valence-corrected chi connectivity index (χ3v) is 5.79. The van der Waals surface area contributed by atoms with Crippen molar-refractivity contribution in [1.29, 1.82) is 0 Å². The topological polar surface area (TPSA) is 21.3 Å². The van der Waals surface area contributed by atoms with Crippen molar-refractivity contribution in [2.75, 3.05) is 5.32 Å². The SMILES string of the molecule is CC1=CC(C)(C)Nc2ccc3c(c21)/C(=C1/C=CCCC1)Oc1c(F)cc(F)cc1-3. The van der Waals surface area contributed by atoms with E-state index in [4.69, 9.17) is 4.74 Å². The molecule has 1 aliphatic carbocycles. The minimum atomic E-state index is -0.673. The van der Waals surface area contributed by atoms with Gasteiger partial charge in [-0.05, 0) is 68.9 Å². The van der Waals surface area contributed by atoms with Gasteiger partial charge >= 0.3 is 0 Å². The Bertz CT molecular complexity index is 1140. The summed E-state index contributed by atoms with van der Waals surface area (Å²) < 4.78 is 34.9. The van der Waals surface area contributed by atoms with E-state index in [-0.39, 0.29) is 11.3 Å². The molecule has 1 N–H and O–H groups in total. The minimum absolute atomic E-state index is 0.103. The minimum Gasteiger partial charge on any atom is -0.453 e. The molecule has 3 aliphatic rings. The molecule has 0 spiro atoms. The van der Waals surface area contributed by atoms with Crippen molar-refractivity contribution < 1.29 is 13.5 Å². The highest BCUT2D eigenvalue weighted by atomic mass is 19.1. The first-order valence-corrected chi connectivity index (χ1v) is 10.1. The highest BCUT2D eigenvalue weighted by molar-refractivity contribution is 5.98. The van der Waals surface area contributed by atoms with Crippen molar-refractivity contribution in [1.82, 2.24) is 0 Å². The maximum Gasteiger partial charge on any atom is 0.171 e. The van der Waals surface area contributed by atoms with Gasteiger partial charge in [0.2, 0.25) is 0 Å². The Morgan fingerprint density at radius 3 is 2.66 bits per heavy atom. The van der Waals surface area contributed by atoms with Gasteiger partial charge in [0.25, 0.3) is 0 Å². The van der Waals surface area contributed by atoms with Gasteiger partial charge in [0.15, 0.2) is 11.6 Å². The molecule has 5 rings (SSSR count). The van der Waals surface area contributed by atoms with Crippen molar-refractivity contribution in [2.24, 2.45) is 0 Å². The van der Waals surface area contributed by atoms with Gasteiger partial charge in [-0.15, -0.1) is 0 Å². The smallest absolute Gasteiger partial charge is 0.171 e. The summed E-state index contributed by atoms with van der Waals surface area (Å²) in [6, 6.07) is 6.20. The number of hydrogen-bond donors (Lipinski definition) is 1. The van der Waals surface area contributed by atoms with E-state index in [0.717, 1.165) is 58.9 Å². The van der Waals surface area contributed by atoms with Crippen LogP contribution >= 0.6 is 0 Å². The molecule has 0 saturated heterocycles. The summed E-state index contributed by atoms with van der Waals surface area (Å²) in [5.74, 6) is -0.493. The first-order valence-electron chi connectivity index (χ1n) is 10.1. The quantitative estimate of drug-likeness (QED) is 0.518. The maximum absolute atomic E-state index is 14.7. The second-order valence-corrected chi connectivity index (χ2v) is 8.60. The fraction of sp³-hybridized carbons (Fsp3) is 0.280.